The topological polar surface area (TPSA) is 93.2 Å². The number of imidazole rings is 1. The maximum absolute atomic E-state index is 5.90. The van der Waals surface area contributed by atoms with Gasteiger partial charge in [-0.05, 0) is 74.4 Å². The van der Waals surface area contributed by atoms with Crippen LogP contribution in [0.5, 0.6) is 0 Å². The number of furan rings is 2. The molecule has 0 saturated carbocycles. The van der Waals surface area contributed by atoms with Gasteiger partial charge in [0.1, 0.15) is 22.2 Å². The third-order valence-corrected chi connectivity index (χ3v) is 7.55. The largest absolute Gasteiger partial charge is 2.00 e. The summed E-state index contributed by atoms with van der Waals surface area (Å²) in [6.07, 6.45) is 7.03. The molecule has 7 nitrogen and oxygen atoms in total. The predicted molar refractivity (Wildman–Crippen MR) is 157 cm³/mol. The third kappa shape index (κ3) is 3.44. The van der Waals surface area contributed by atoms with Crippen molar-refractivity contribution in [3.63, 3.8) is 0 Å². The quantitative estimate of drug-likeness (QED) is 0.168. The molecule has 0 unspecified atom stereocenters. The van der Waals surface area contributed by atoms with Crippen molar-refractivity contribution in [3.8, 4) is 0 Å². The summed E-state index contributed by atoms with van der Waals surface area (Å²) in [5.74, 6) is 0. The minimum absolute atomic E-state index is 0. The Morgan fingerprint density at radius 1 is 0.488 bits per heavy atom. The van der Waals surface area contributed by atoms with E-state index in [1.807, 2.05) is 60.8 Å². The fourth-order valence-electron chi connectivity index (χ4n) is 5.81. The molecule has 0 spiro atoms. The summed E-state index contributed by atoms with van der Waals surface area (Å²) in [6.45, 7) is 0. The molecule has 0 atom stereocenters. The van der Waals surface area contributed by atoms with Gasteiger partial charge in [-0.2, -0.15) is 6.20 Å². The van der Waals surface area contributed by atoms with Crippen molar-refractivity contribution in [1.29, 1.82) is 0 Å². The van der Waals surface area contributed by atoms with Crippen LogP contribution in [0.1, 0.15) is 0 Å². The predicted octanol–water partition coefficient (Wildman–Crippen LogP) is 7.88. The maximum atomic E-state index is 5.90. The molecule has 0 aliphatic rings. The van der Waals surface area contributed by atoms with Crippen molar-refractivity contribution in [3.05, 3.63) is 104 Å². The number of pyridine rings is 2. The van der Waals surface area contributed by atoms with E-state index < -0.39 is 0 Å². The Morgan fingerprint density at radius 3 is 1.76 bits per heavy atom. The van der Waals surface area contributed by atoms with Crippen molar-refractivity contribution < 1.29 is 28.3 Å². The Kier molecular flexibility index (Phi) is 5.21. The van der Waals surface area contributed by atoms with E-state index in [9.17, 15) is 0 Å². The molecule has 0 N–H and O–H groups in total. The molecule has 41 heavy (non-hydrogen) atoms. The summed E-state index contributed by atoms with van der Waals surface area (Å²) in [7, 11) is 0. The van der Waals surface area contributed by atoms with Crippen LogP contribution in [0.3, 0.4) is 0 Å². The van der Waals surface area contributed by atoms with E-state index in [4.69, 9.17) is 8.83 Å². The van der Waals surface area contributed by atoms with Gasteiger partial charge in [0.15, 0.2) is 11.2 Å². The van der Waals surface area contributed by atoms with E-state index in [1.54, 1.807) is 18.7 Å². The van der Waals surface area contributed by atoms with Gasteiger partial charge in [0.05, 0.1) is 10.8 Å². The van der Waals surface area contributed by atoms with Crippen LogP contribution < -0.4 is 9.97 Å². The van der Waals surface area contributed by atoms with Gasteiger partial charge in [-0.1, -0.05) is 48.8 Å². The SMILES string of the molecule is [Zn+2].c1cnc2c(c1)oc1ccc3ccc4cc[n-]c4c3c12.c1cnc2c(c1)oc1ccc3ccc4nc[n-]c4c3c12. The Labute approximate surface area is 243 Å². The van der Waals surface area contributed by atoms with Gasteiger partial charge >= 0.3 is 19.5 Å². The Balaban J connectivity index is 0.000000122. The minimum atomic E-state index is 0. The first-order valence-corrected chi connectivity index (χ1v) is 12.9. The Hall–Kier alpha value is -5.07. The number of rotatable bonds is 0. The molecule has 6 aromatic heterocycles. The molecule has 188 valence electrons. The van der Waals surface area contributed by atoms with Crippen molar-refractivity contribution in [2.75, 3.05) is 0 Å². The van der Waals surface area contributed by atoms with Gasteiger partial charge in [0, 0.05) is 12.4 Å². The average Bonchev–Trinajstić information content (AvgIpc) is 3.80. The van der Waals surface area contributed by atoms with Crippen LogP contribution in [0, 0.1) is 0 Å². The van der Waals surface area contributed by atoms with Crippen LogP contribution in [0.25, 0.3) is 87.6 Å². The molecule has 0 bridgehead atoms. The summed E-state index contributed by atoms with van der Waals surface area (Å²) in [4.78, 5) is 22.2. The van der Waals surface area contributed by atoms with Gasteiger partial charge in [-0.25, -0.2) is 0 Å². The number of nitrogens with zero attached hydrogens (tertiary/aromatic N) is 5. The van der Waals surface area contributed by atoms with E-state index in [1.165, 1.54) is 0 Å². The summed E-state index contributed by atoms with van der Waals surface area (Å²) >= 11 is 0. The molecule has 4 aromatic carbocycles. The summed E-state index contributed by atoms with van der Waals surface area (Å²) in [5, 5.41) is 7.70. The molecule has 0 amide bonds. The molecule has 10 rings (SSSR count). The number of aromatic nitrogens is 5. The Morgan fingerprint density at radius 2 is 1.07 bits per heavy atom. The molecule has 6 heterocycles. The monoisotopic (exact) mass is 579 g/mol. The first-order chi connectivity index (χ1) is 19.8. The zero-order valence-electron chi connectivity index (χ0n) is 21.6. The number of hydrogen-bond donors (Lipinski definition) is 0. The molecule has 0 fully saturated rings. The molecule has 0 saturated heterocycles. The van der Waals surface area contributed by atoms with Crippen LogP contribution in [0.4, 0.5) is 0 Å². The molecular formula is C33H17N5O2Zn. The van der Waals surface area contributed by atoms with E-state index in [0.29, 0.717) is 0 Å². The summed E-state index contributed by atoms with van der Waals surface area (Å²) in [5.41, 5.74) is 7.92. The average molecular weight is 581 g/mol. The van der Waals surface area contributed by atoms with Crippen molar-refractivity contribution in [1.82, 2.24) is 24.9 Å². The summed E-state index contributed by atoms with van der Waals surface area (Å²) in [6, 6.07) is 26.1. The molecule has 10 aromatic rings. The van der Waals surface area contributed by atoms with Gasteiger partial charge in [0.2, 0.25) is 0 Å². The van der Waals surface area contributed by atoms with E-state index in [-0.39, 0.29) is 19.5 Å². The minimum Gasteiger partial charge on any atom is -0.663 e. The van der Waals surface area contributed by atoms with Crippen LogP contribution in [-0.2, 0) is 19.5 Å². The Bertz CT molecular complexity index is 2390. The van der Waals surface area contributed by atoms with E-state index in [0.717, 1.165) is 87.6 Å². The smallest absolute Gasteiger partial charge is 0.663 e. The molecule has 0 aliphatic heterocycles. The molecule has 0 radical (unpaired) electrons. The fourth-order valence-corrected chi connectivity index (χ4v) is 5.81. The number of benzene rings is 4. The van der Waals surface area contributed by atoms with Crippen molar-refractivity contribution in [2.45, 2.75) is 0 Å². The van der Waals surface area contributed by atoms with Gasteiger partial charge in [0.25, 0.3) is 0 Å². The van der Waals surface area contributed by atoms with Crippen LogP contribution in [-0.4, -0.2) is 15.0 Å². The second-order valence-corrected chi connectivity index (χ2v) is 9.73. The second-order valence-electron chi connectivity index (χ2n) is 9.73. The zero-order valence-corrected chi connectivity index (χ0v) is 24.5. The van der Waals surface area contributed by atoms with E-state index in [2.05, 4.69) is 49.2 Å². The number of hydrogen-bond acceptors (Lipinski definition) is 5. The molecule has 8 heteroatoms. The fraction of sp³-hybridized carbons (Fsp3) is 0. The first kappa shape index (κ1) is 23.8. The van der Waals surface area contributed by atoms with Crippen molar-refractivity contribution >= 4 is 87.6 Å². The number of fused-ring (bicyclic) bond motifs is 14. The standard InChI is InChI=1S/C17H9N2O.C16H8N3O.Zn/c1-2-13-17(18-8-1)15-12(20-13)6-5-10-3-4-11-7-9-19-16(11)14(10)15;1-2-12-16(17-7-1)14-11(20-12)6-4-9-3-5-10-15(13(9)14)19-8-18-10;/h1-9H;1-8H;/q2*-1;+2. The van der Waals surface area contributed by atoms with Gasteiger partial charge in [-0.15, -0.1) is 5.52 Å². The zero-order chi connectivity index (χ0) is 26.2. The van der Waals surface area contributed by atoms with Gasteiger partial charge in [-0.3, -0.25) is 9.97 Å². The molecular weight excluding hydrogens is 564 g/mol. The van der Waals surface area contributed by atoms with Crippen LogP contribution in [0.2, 0.25) is 0 Å². The van der Waals surface area contributed by atoms with Crippen LogP contribution >= 0.6 is 0 Å². The van der Waals surface area contributed by atoms with E-state index >= 15 is 0 Å². The third-order valence-electron chi connectivity index (χ3n) is 7.55. The first-order valence-electron chi connectivity index (χ1n) is 12.9. The summed E-state index contributed by atoms with van der Waals surface area (Å²) < 4.78 is 11.8. The maximum Gasteiger partial charge on any atom is 2.00 e. The van der Waals surface area contributed by atoms with Gasteiger partial charge < -0.3 is 23.8 Å². The van der Waals surface area contributed by atoms with Crippen LogP contribution in [0.15, 0.2) is 113 Å². The van der Waals surface area contributed by atoms with Crippen molar-refractivity contribution in [2.24, 2.45) is 0 Å². The molecule has 0 aliphatic carbocycles. The normalized spacial score (nSPS) is 11.7. The second kappa shape index (κ2) is 8.98.